The molecule has 0 spiro atoms. The fourth-order valence-corrected chi connectivity index (χ4v) is 2.97. The number of anilines is 1. The Kier molecular flexibility index (Phi) is 3.60. The first-order chi connectivity index (χ1) is 10.1. The van der Waals surface area contributed by atoms with Crippen molar-refractivity contribution in [3.05, 3.63) is 59.3 Å². The van der Waals surface area contributed by atoms with E-state index in [1.54, 1.807) is 6.07 Å². The molecule has 0 radical (unpaired) electrons. The van der Waals surface area contributed by atoms with Crippen LogP contribution in [0.2, 0.25) is 0 Å². The Morgan fingerprint density at radius 2 is 2.10 bits per heavy atom. The summed E-state index contributed by atoms with van der Waals surface area (Å²) in [4.78, 5) is 17.6. The molecule has 1 N–H and O–H groups in total. The van der Waals surface area contributed by atoms with Crippen molar-refractivity contribution in [1.29, 1.82) is 0 Å². The molecule has 2 heterocycles. The minimum Gasteiger partial charge on any atom is -0.477 e. The van der Waals surface area contributed by atoms with Gasteiger partial charge in [0.15, 0.2) is 5.69 Å². The number of nitrogens with zero attached hydrogens (tertiary/aromatic N) is 2. The quantitative estimate of drug-likeness (QED) is 0.937. The molecule has 1 unspecified atom stereocenters. The number of carboxylic acids is 1. The lowest BCUT2D eigenvalue weighted by Gasteiger charge is -2.26. The van der Waals surface area contributed by atoms with E-state index < -0.39 is 5.97 Å². The average Bonchev–Trinajstić information content (AvgIpc) is 2.97. The Hall–Kier alpha value is -2.36. The highest BCUT2D eigenvalue weighted by molar-refractivity contribution is 5.85. The fraction of sp³-hybridized carbons (Fsp3) is 0.294. The predicted molar refractivity (Wildman–Crippen MR) is 81.7 cm³/mol. The molecule has 0 aliphatic carbocycles. The third-order valence-corrected chi connectivity index (χ3v) is 3.93. The van der Waals surface area contributed by atoms with Crippen molar-refractivity contribution in [2.24, 2.45) is 0 Å². The van der Waals surface area contributed by atoms with Crippen molar-refractivity contribution in [3.63, 3.8) is 0 Å². The first-order valence-corrected chi connectivity index (χ1v) is 7.19. The van der Waals surface area contributed by atoms with Gasteiger partial charge in [-0.3, -0.25) is 0 Å². The van der Waals surface area contributed by atoms with Crippen molar-refractivity contribution in [1.82, 2.24) is 4.98 Å². The van der Waals surface area contributed by atoms with Gasteiger partial charge in [0.1, 0.15) is 5.82 Å². The van der Waals surface area contributed by atoms with Crippen LogP contribution in [0.1, 0.15) is 40.5 Å². The monoisotopic (exact) mass is 282 g/mol. The number of aromatic nitrogens is 1. The molecule has 0 bridgehead atoms. The molecule has 0 amide bonds. The van der Waals surface area contributed by atoms with Gasteiger partial charge < -0.3 is 10.0 Å². The van der Waals surface area contributed by atoms with E-state index in [1.807, 2.05) is 6.07 Å². The minimum absolute atomic E-state index is 0.0994. The highest BCUT2D eigenvalue weighted by Gasteiger charge is 2.27. The third-order valence-electron chi connectivity index (χ3n) is 3.93. The molecule has 1 aliphatic rings. The Morgan fingerprint density at radius 3 is 2.86 bits per heavy atom. The van der Waals surface area contributed by atoms with Gasteiger partial charge in [-0.05, 0) is 37.5 Å². The summed E-state index contributed by atoms with van der Waals surface area (Å²) in [6, 6.07) is 14.0. The van der Waals surface area contributed by atoms with Gasteiger partial charge in [0.05, 0.1) is 6.04 Å². The van der Waals surface area contributed by atoms with Crippen LogP contribution in [0.3, 0.4) is 0 Å². The van der Waals surface area contributed by atoms with E-state index in [1.165, 1.54) is 17.2 Å². The second kappa shape index (κ2) is 5.56. The Labute approximate surface area is 124 Å². The summed E-state index contributed by atoms with van der Waals surface area (Å²) in [6.45, 7) is 3.00. The zero-order valence-electron chi connectivity index (χ0n) is 12.0. The number of carbonyl (C=O) groups is 1. The highest BCUT2D eigenvalue weighted by Crippen LogP contribution is 2.35. The Morgan fingerprint density at radius 1 is 1.29 bits per heavy atom. The van der Waals surface area contributed by atoms with Crippen LogP contribution in [0, 0.1) is 6.92 Å². The van der Waals surface area contributed by atoms with E-state index in [0.29, 0.717) is 0 Å². The molecule has 4 heteroatoms. The topological polar surface area (TPSA) is 53.4 Å². The van der Waals surface area contributed by atoms with Crippen molar-refractivity contribution in [3.8, 4) is 0 Å². The van der Waals surface area contributed by atoms with Crippen molar-refractivity contribution < 1.29 is 9.90 Å². The maximum atomic E-state index is 11.1. The SMILES string of the molecule is Cc1cccc(C2CCCN2c2cccc(C(=O)O)n2)c1. The summed E-state index contributed by atoms with van der Waals surface area (Å²) in [5.74, 6) is -0.234. The van der Waals surface area contributed by atoms with Gasteiger partial charge >= 0.3 is 5.97 Å². The van der Waals surface area contributed by atoms with Gasteiger partial charge in [-0.25, -0.2) is 9.78 Å². The zero-order chi connectivity index (χ0) is 14.8. The second-order valence-corrected chi connectivity index (χ2v) is 5.45. The smallest absolute Gasteiger partial charge is 0.354 e. The Bertz CT molecular complexity index is 669. The van der Waals surface area contributed by atoms with Crippen molar-refractivity contribution >= 4 is 11.8 Å². The third kappa shape index (κ3) is 2.75. The largest absolute Gasteiger partial charge is 0.477 e. The lowest BCUT2D eigenvalue weighted by atomic mass is 10.0. The van der Waals surface area contributed by atoms with Gasteiger partial charge in [-0.1, -0.05) is 35.9 Å². The van der Waals surface area contributed by atoms with Gasteiger partial charge in [0.25, 0.3) is 0 Å². The van der Waals surface area contributed by atoms with Crippen molar-refractivity contribution in [2.45, 2.75) is 25.8 Å². The van der Waals surface area contributed by atoms with Crippen LogP contribution >= 0.6 is 0 Å². The molecule has 0 saturated carbocycles. The predicted octanol–water partition coefficient (Wildman–Crippen LogP) is 3.43. The fourth-order valence-electron chi connectivity index (χ4n) is 2.97. The molecule has 2 aromatic rings. The number of hydrogen-bond donors (Lipinski definition) is 1. The van der Waals surface area contributed by atoms with Crippen LogP contribution in [0.5, 0.6) is 0 Å². The molecular weight excluding hydrogens is 264 g/mol. The Balaban J connectivity index is 1.94. The number of aryl methyl sites for hydroxylation is 1. The van der Waals surface area contributed by atoms with Gasteiger partial charge in [-0.2, -0.15) is 0 Å². The van der Waals surface area contributed by atoms with E-state index in [9.17, 15) is 4.79 Å². The molecule has 1 atom stereocenters. The summed E-state index contributed by atoms with van der Waals surface area (Å²) in [6.07, 6.45) is 2.17. The minimum atomic E-state index is -0.983. The zero-order valence-corrected chi connectivity index (χ0v) is 12.0. The van der Waals surface area contributed by atoms with E-state index in [2.05, 4.69) is 41.1 Å². The lowest BCUT2D eigenvalue weighted by molar-refractivity contribution is 0.0690. The standard InChI is InChI=1S/C17H18N2O2/c1-12-5-2-6-13(11-12)15-8-4-10-19(15)16-9-3-7-14(18-16)17(20)21/h2-3,5-7,9,11,15H,4,8,10H2,1H3,(H,20,21). The van der Waals surface area contributed by atoms with Gasteiger partial charge in [0.2, 0.25) is 0 Å². The summed E-state index contributed by atoms with van der Waals surface area (Å²) in [5.41, 5.74) is 2.61. The van der Waals surface area contributed by atoms with Crippen LogP contribution in [0.15, 0.2) is 42.5 Å². The molecule has 1 fully saturated rings. The maximum absolute atomic E-state index is 11.1. The van der Waals surface area contributed by atoms with E-state index >= 15 is 0 Å². The van der Waals surface area contributed by atoms with Gasteiger partial charge in [0, 0.05) is 6.54 Å². The summed E-state index contributed by atoms with van der Waals surface area (Å²) >= 11 is 0. The van der Waals surface area contributed by atoms with Crippen molar-refractivity contribution in [2.75, 3.05) is 11.4 Å². The molecule has 1 aliphatic heterocycles. The molecule has 1 saturated heterocycles. The normalized spacial score (nSPS) is 18.0. The molecule has 3 rings (SSSR count). The number of benzene rings is 1. The number of carboxylic acid groups (broad SMARTS) is 1. The number of pyridine rings is 1. The maximum Gasteiger partial charge on any atom is 0.354 e. The van der Waals surface area contributed by atoms with Crippen LogP contribution in [0.4, 0.5) is 5.82 Å². The number of aromatic carboxylic acids is 1. The van der Waals surface area contributed by atoms with E-state index in [4.69, 9.17) is 5.11 Å². The highest BCUT2D eigenvalue weighted by atomic mass is 16.4. The molecule has 1 aromatic carbocycles. The molecular formula is C17H18N2O2. The molecule has 4 nitrogen and oxygen atoms in total. The lowest BCUT2D eigenvalue weighted by Crippen LogP contribution is -2.24. The van der Waals surface area contributed by atoms with Gasteiger partial charge in [-0.15, -0.1) is 0 Å². The summed E-state index contributed by atoms with van der Waals surface area (Å²) < 4.78 is 0. The first-order valence-electron chi connectivity index (χ1n) is 7.19. The average molecular weight is 282 g/mol. The molecule has 21 heavy (non-hydrogen) atoms. The van der Waals surface area contributed by atoms with Crippen LogP contribution in [-0.2, 0) is 0 Å². The molecule has 1 aromatic heterocycles. The second-order valence-electron chi connectivity index (χ2n) is 5.45. The molecule has 108 valence electrons. The van der Waals surface area contributed by atoms with Crippen LogP contribution in [-0.4, -0.2) is 22.6 Å². The summed E-state index contributed by atoms with van der Waals surface area (Å²) in [5, 5.41) is 9.09. The van der Waals surface area contributed by atoms with Crippen LogP contribution < -0.4 is 4.90 Å². The number of rotatable bonds is 3. The van der Waals surface area contributed by atoms with E-state index in [-0.39, 0.29) is 11.7 Å². The van der Waals surface area contributed by atoms with E-state index in [0.717, 1.165) is 25.2 Å². The summed E-state index contributed by atoms with van der Waals surface area (Å²) in [7, 11) is 0. The first kappa shape index (κ1) is 13.6. The van der Waals surface area contributed by atoms with Crippen LogP contribution in [0.25, 0.3) is 0 Å². The number of hydrogen-bond acceptors (Lipinski definition) is 3.